The Morgan fingerprint density at radius 1 is 1.38 bits per heavy atom. The SMILES string of the molecule is C=N/C(=C\NC(C)C)CN1CCC(c2cccc(NS(C)(=O)=O)c2)CC1. The zero-order valence-corrected chi connectivity index (χ0v) is 16.7. The van der Waals surface area contributed by atoms with E-state index in [9.17, 15) is 8.42 Å². The van der Waals surface area contributed by atoms with Crippen LogP contribution in [0.2, 0.25) is 0 Å². The number of piperidine rings is 1. The molecule has 7 heteroatoms. The Balaban J connectivity index is 1.93. The van der Waals surface area contributed by atoms with Gasteiger partial charge in [0.15, 0.2) is 0 Å². The van der Waals surface area contributed by atoms with E-state index in [4.69, 9.17) is 0 Å². The zero-order chi connectivity index (χ0) is 19.2. The van der Waals surface area contributed by atoms with E-state index < -0.39 is 10.0 Å². The molecule has 1 heterocycles. The molecule has 0 aliphatic carbocycles. The molecule has 1 aliphatic rings. The van der Waals surface area contributed by atoms with Crippen LogP contribution in [-0.4, -0.2) is 52.0 Å². The van der Waals surface area contributed by atoms with Crippen LogP contribution in [0.5, 0.6) is 0 Å². The molecule has 6 nitrogen and oxygen atoms in total. The van der Waals surface area contributed by atoms with Gasteiger partial charge in [-0.05, 0) is 70.1 Å². The molecule has 2 rings (SSSR count). The van der Waals surface area contributed by atoms with Gasteiger partial charge in [0.25, 0.3) is 0 Å². The van der Waals surface area contributed by atoms with Crippen molar-refractivity contribution >= 4 is 22.4 Å². The molecule has 0 unspecified atom stereocenters. The predicted octanol–water partition coefficient (Wildman–Crippen LogP) is 2.78. The van der Waals surface area contributed by atoms with Crippen molar-refractivity contribution in [3.05, 3.63) is 41.7 Å². The van der Waals surface area contributed by atoms with Crippen molar-refractivity contribution in [1.29, 1.82) is 0 Å². The molecule has 1 aromatic rings. The topological polar surface area (TPSA) is 73.8 Å². The van der Waals surface area contributed by atoms with Crippen LogP contribution in [0.3, 0.4) is 0 Å². The van der Waals surface area contributed by atoms with Crippen LogP contribution in [-0.2, 0) is 10.0 Å². The Morgan fingerprint density at radius 3 is 2.65 bits per heavy atom. The molecule has 144 valence electrons. The summed E-state index contributed by atoms with van der Waals surface area (Å²) in [6.07, 6.45) is 5.21. The van der Waals surface area contributed by atoms with Crippen molar-refractivity contribution in [2.24, 2.45) is 4.99 Å². The van der Waals surface area contributed by atoms with Crippen LogP contribution in [0.1, 0.15) is 38.2 Å². The van der Waals surface area contributed by atoms with Crippen molar-refractivity contribution in [3.8, 4) is 0 Å². The summed E-state index contributed by atoms with van der Waals surface area (Å²) in [5.41, 5.74) is 2.78. The Kier molecular flexibility index (Phi) is 7.23. The fourth-order valence-corrected chi connectivity index (χ4v) is 3.68. The Hall–Kier alpha value is -1.86. The second kappa shape index (κ2) is 9.19. The first-order valence-corrected chi connectivity index (χ1v) is 10.9. The quantitative estimate of drug-likeness (QED) is 0.682. The van der Waals surface area contributed by atoms with Crippen molar-refractivity contribution in [2.75, 3.05) is 30.6 Å². The first kappa shape index (κ1) is 20.5. The normalized spacial score (nSPS) is 17.3. The summed E-state index contributed by atoms with van der Waals surface area (Å²) in [4.78, 5) is 6.51. The third-order valence-corrected chi connectivity index (χ3v) is 5.03. The van der Waals surface area contributed by atoms with E-state index in [0.717, 1.165) is 38.2 Å². The van der Waals surface area contributed by atoms with E-state index in [1.54, 1.807) is 6.07 Å². The fourth-order valence-electron chi connectivity index (χ4n) is 3.13. The lowest BCUT2D eigenvalue weighted by Crippen LogP contribution is -2.34. The Morgan fingerprint density at radius 2 is 2.08 bits per heavy atom. The molecule has 0 radical (unpaired) electrons. The predicted molar refractivity (Wildman–Crippen MR) is 109 cm³/mol. The van der Waals surface area contributed by atoms with Gasteiger partial charge in [-0.25, -0.2) is 8.42 Å². The summed E-state index contributed by atoms with van der Waals surface area (Å²) in [7, 11) is -3.25. The van der Waals surface area contributed by atoms with Crippen molar-refractivity contribution < 1.29 is 8.42 Å². The highest BCUT2D eigenvalue weighted by atomic mass is 32.2. The minimum absolute atomic E-state index is 0.380. The summed E-state index contributed by atoms with van der Waals surface area (Å²) in [5.74, 6) is 0.450. The van der Waals surface area contributed by atoms with Gasteiger partial charge in [-0.1, -0.05) is 12.1 Å². The lowest BCUT2D eigenvalue weighted by molar-refractivity contribution is 0.227. The van der Waals surface area contributed by atoms with Gasteiger partial charge < -0.3 is 5.32 Å². The molecule has 1 saturated heterocycles. The van der Waals surface area contributed by atoms with Gasteiger partial charge in [0.1, 0.15) is 0 Å². The number of aliphatic imine (C=N–C) groups is 1. The maximum absolute atomic E-state index is 11.4. The number of likely N-dealkylation sites (tertiary alicyclic amines) is 1. The smallest absolute Gasteiger partial charge is 0.229 e. The van der Waals surface area contributed by atoms with Gasteiger partial charge >= 0.3 is 0 Å². The number of benzene rings is 1. The summed E-state index contributed by atoms with van der Waals surface area (Å²) in [6.45, 7) is 10.6. The maximum Gasteiger partial charge on any atom is 0.229 e. The fraction of sp³-hybridized carbons (Fsp3) is 0.526. The number of nitrogens with one attached hydrogen (secondary N) is 2. The number of hydrogen-bond donors (Lipinski definition) is 2. The molecule has 1 aliphatic heterocycles. The monoisotopic (exact) mass is 378 g/mol. The minimum atomic E-state index is -3.25. The highest BCUT2D eigenvalue weighted by Gasteiger charge is 2.21. The summed E-state index contributed by atoms with van der Waals surface area (Å²) < 4.78 is 25.4. The van der Waals surface area contributed by atoms with Gasteiger partial charge in [-0.3, -0.25) is 14.6 Å². The molecule has 0 atom stereocenters. The third-order valence-electron chi connectivity index (χ3n) is 4.42. The third kappa shape index (κ3) is 6.80. The van der Waals surface area contributed by atoms with Gasteiger partial charge in [-0.15, -0.1) is 0 Å². The summed E-state index contributed by atoms with van der Waals surface area (Å²) in [6, 6.07) is 8.11. The molecule has 0 aromatic heterocycles. The van der Waals surface area contributed by atoms with E-state index in [-0.39, 0.29) is 0 Å². The highest BCUT2D eigenvalue weighted by molar-refractivity contribution is 7.92. The maximum atomic E-state index is 11.4. The van der Waals surface area contributed by atoms with Crippen molar-refractivity contribution in [3.63, 3.8) is 0 Å². The van der Waals surface area contributed by atoms with Crippen molar-refractivity contribution in [2.45, 2.75) is 38.6 Å². The zero-order valence-electron chi connectivity index (χ0n) is 15.9. The van der Waals surface area contributed by atoms with E-state index in [1.807, 2.05) is 18.3 Å². The van der Waals surface area contributed by atoms with Crippen LogP contribution >= 0.6 is 0 Å². The molecule has 0 bridgehead atoms. The average molecular weight is 379 g/mol. The number of rotatable bonds is 8. The van der Waals surface area contributed by atoms with Gasteiger partial charge in [0.2, 0.25) is 10.0 Å². The minimum Gasteiger partial charge on any atom is -0.387 e. The summed E-state index contributed by atoms with van der Waals surface area (Å²) >= 11 is 0. The van der Waals surface area contributed by atoms with Gasteiger partial charge in [0, 0.05) is 24.5 Å². The molecule has 1 fully saturated rings. The van der Waals surface area contributed by atoms with Gasteiger partial charge in [-0.2, -0.15) is 0 Å². The van der Waals surface area contributed by atoms with E-state index in [2.05, 4.69) is 46.6 Å². The summed E-state index contributed by atoms with van der Waals surface area (Å²) in [5, 5.41) is 3.27. The second-order valence-electron chi connectivity index (χ2n) is 7.17. The molecular formula is C19H30N4O2S. The number of sulfonamides is 1. The van der Waals surface area contributed by atoms with Crippen LogP contribution in [0.15, 0.2) is 41.2 Å². The van der Waals surface area contributed by atoms with Crippen LogP contribution in [0.25, 0.3) is 0 Å². The standard InChI is InChI=1S/C19H30N4O2S/c1-15(2)21-13-19(20-3)14-23-10-8-16(9-11-23)17-6-5-7-18(12-17)22-26(4,24)25/h5-7,12-13,15-16,21-22H,3,8-11,14H2,1-2,4H3/b19-13-. The Bertz CT molecular complexity index is 736. The average Bonchev–Trinajstić information content (AvgIpc) is 2.57. The van der Waals surface area contributed by atoms with E-state index in [1.165, 1.54) is 11.8 Å². The van der Waals surface area contributed by atoms with E-state index in [0.29, 0.717) is 17.6 Å². The van der Waals surface area contributed by atoms with Crippen LogP contribution in [0.4, 0.5) is 5.69 Å². The Labute approximate surface area is 157 Å². The van der Waals surface area contributed by atoms with E-state index >= 15 is 0 Å². The van der Waals surface area contributed by atoms with Gasteiger partial charge in [0.05, 0.1) is 12.0 Å². The highest BCUT2D eigenvalue weighted by Crippen LogP contribution is 2.30. The molecule has 26 heavy (non-hydrogen) atoms. The largest absolute Gasteiger partial charge is 0.387 e. The lowest BCUT2D eigenvalue weighted by Gasteiger charge is -2.32. The number of hydrogen-bond acceptors (Lipinski definition) is 5. The molecule has 2 N–H and O–H groups in total. The lowest BCUT2D eigenvalue weighted by atomic mass is 9.89. The first-order chi connectivity index (χ1) is 12.3. The molecule has 0 spiro atoms. The first-order valence-electron chi connectivity index (χ1n) is 8.99. The molecule has 1 aromatic carbocycles. The number of anilines is 1. The molecular weight excluding hydrogens is 348 g/mol. The van der Waals surface area contributed by atoms with Crippen LogP contribution in [0, 0.1) is 0 Å². The number of nitrogens with zero attached hydrogens (tertiary/aromatic N) is 2. The molecule has 0 saturated carbocycles. The van der Waals surface area contributed by atoms with Crippen molar-refractivity contribution in [1.82, 2.24) is 10.2 Å². The molecule has 0 amide bonds. The van der Waals surface area contributed by atoms with Crippen LogP contribution < -0.4 is 10.0 Å². The second-order valence-corrected chi connectivity index (χ2v) is 8.91.